The maximum absolute atomic E-state index is 9.10. The molecule has 3 unspecified atom stereocenters. The smallest absolute Gasteiger partial charge is 0.414 e. The van der Waals surface area contributed by atoms with E-state index in [0.717, 1.165) is 24.0 Å². The summed E-state index contributed by atoms with van der Waals surface area (Å²) in [6, 6.07) is 0. The minimum Gasteiger partial charge on any atom is -0.479 e. The van der Waals surface area contributed by atoms with Crippen molar-refractivity contribution in [1.82, 2.24) is 13.6 Å². The minimum atomic E-state index is -1.82. The van der Waals surface area contributed by atoms with Gasteiger partial charge in [-0.25, -0.2) is 9.59 Å². The Hall–Kier alpha value is -1.74. The number of fused-ring (bicyclic) bond motifs is 2. The molecule has 2 aliphatic rings. The summed E-state index contributed by atoms with van der Waals surface area (Å²) in [5.74, 6) is -1.55. The summed E-state index contributed by atoms with van der Waals surface area (Å²) >= 11 is 1.26. The molecule has 2 aliphatic heterocycles. The van der Waals surface area contributed by atoms with Gasteiger partial charge in [-0.2, -0.15) is 4.37 Å². The van der Waals surface area contributed by atoms with Gasteiger partial charge in [-0.1, -0.05) is 0 Å². The summed E-state index contributed by atoms with van der Waals surface area (Å²) in [6.07, 6.45) is 1.31. The highest BCUT2D eigenvalue weighted by atomic mass is 32.1. The molecule has 2 fully saturated rings. The van der Waals surface area contributed by atoms with Crippen LogP contribution in [-0.4, -0.2) is 62.5 Å². The zero-order valence-electron chi connectivity index (χ0n) is 10.9. The van der Waals surface area contributed by atoms with Crippen LogP contribution in [0.1, 0.15) is 18.0 Å². The molecule has 1 aromatic rings. The molecule has 2 bridgehead atoms. The molecule has 110 valence electrons. The zero-order valence-corrected chi connectivity index (χ0v) is 11.7. The van der Waals surface area contributed by atoms with Crippen LogP contribution in [0.15, 0.2) is 0 Å². The van der Waals surface area contributed by atoms with Gasteiger partial charge in [0.2, 0.25) is 5.88 Å². The van der Waals surface area contributed by atoms with Gasteiger partial charge in [-0.3, -0.25) is 0 Å². The van der Waals surface area contributed by atoms with E-state index in [4.69, 9.17) is 24.5 Å². The van der Waals surface area contributed by atoms with Gasteiger partial charge >= 0.3 is 11.9 Å². The Kier molecular flexibility index (Phi) is 4.50. The first kappa shape index (κ1) is 14.7. The molecule has 8 nitrogen and oxygen atoms in total. The van der Waals surface area contributed by atoms with Gasteiger partial charge in [0.05, 0.1) is 18.8 Å². The van der Waals surface area contributed by atoms with Gasteiger partial charge in [0.25, 0.3) is 0 Å². The van der Waals surface area contributed by atoms with Crippen molar-refractivity contribution in [3.63, 3.8) is 0 Å². The number of carboxylic acid groups (broad SMARTS) is 2. The third-order valence-electron chi connectivity index (χ3n) is 3.54. The van der Waals surface area contributed by atoms with Crippen molar-refractivity contribution < 1.29 is 24.5 Å². The molecule has 9 heteroatoms. The molecule has 2 N–H and O–H groups in total. The average Bonchev–Trinajstić information content (AvgIpc) is 3.14. The van der Waals surface area contributed by atoms with Crippen LogP contribution < -0.4 is 4.74 Å². The van der Waals surface area contributed by atoms with Gasteiger partial charge in [0, 0.05) is 19.0 Å². The van der Waals surface area contributed by atoms with Crippen LogP contribution in [0.25, 0.3) is 0 Å². The molecule has 0 aliphatic carbocycles. The molecule has 0 spiro atoms. The fourth-order valence-electron chi connectivity index (χ4n) is 2.65. The van der Waals surface area contributed by atoms with Crippen molar-refractivity contribution in [1.29, 1.82) is 0 Å². The third kappa shape index (κ3) is 3.05. The van der Waals surface area contributed by atoms with Crippen LogP contribution in [0.4, 0.5) is 0 Å². The van der Waals surface area contributed by atoms with Gasteiger partial charge in [0.15, 0.2) is 0 Å². The molecular weight excluding hydrogens is 286 g/mol. The van der Waals surface area contributed by atoms with E-state index in [2.05, 4.69) is 13.6 Å². The standard InChI is InChI=1S/C9H13N3OS.C2H2O4/c1-13-9-8(10-14-11-9)7-5-12-3-2-6(7)4-12;3-1(4)2(5)6/h6-7H,2-5H2,1H3;(H,3,4)(H,5,6). The molecule has 3 rings (SSSR count). The number of ether oxygens (including phenoxy) is 1. The molecule has 0 saturated carbocycles. The van der Waals surface area contributed by atoms with Gasteiger partial charge in [-0.05, 0) is 18.9 Å². The molecule has 2 saturated heterocycles. The highest BCUT2D eigenvalue weighted by Gasteiger charge is 2.41. The SMILES string of the molecule is COc1nsnc1C1CN2CCC1C2.O=C(O)C(=O)O. The summed E-state index contributed by atoms with van der Waals surface area (Å²) in [6.45, 7) is 3.65. The van der Waals surface area contributed by atoms with E-state index in [0.29, 0.717) is 5.92 Å². The lowest BCUT2D eigenvalue weighted by molar-refractivity contribution is -0.159. The van der Waals surface area contributed by atoms with E-state index in [1.54, 1.807) is 7.11 Å². The summed E-state index contributed by atoms with van der Waals surface area (Å²) in [7, 11) is 1.67. The number of rotatable bonds is 2. The third-order valence-corrected chi connectivity index (χ3v) is 4.07. The molecule has 0 radical (unpaired) electrons. The Morgan fingerprint density at radius 1 is 1.30 bits per heavy atom. The second-order valence-electron chi connectivity index (χ2n) is 4.68. The fraction of sp³-hybridized carbons (Fsp3) is 0.636. The molecule has 0 amide bonds. The van der Waals surface area contributed by atoms with E-state index in [1.807, 2.05) is 0 Å². The van der Waals surface area contributed by atoms with Crippen molar-refractivity contribution >= 4 is 23.7 Å². The second-order valence-corrected chi connectivity index (χ2v) is 5.21. The van der Waals surface area contributed by atoms with Crippen LogP contribution in [0.2, 0.25) is 0 Å². The number of carboxylic acids is 2. The van der Waals surface area contributed by atoms with Crippen LogP contribution in [0.5, 0.6) is 5.88 Å². The first-order valence-electron chi connectivity index (χ1n) is 6.08. The molecule has 3 heterocycles. The Morgan fingerprint density at radius 3 is 2.45 bits per heavy atom. The number of methoxy groups -OCH3 is 1. The fourth-order valence-corrected chi connectivity index (χ4v) is 3.23. The van der Waals surface area contributed by atoms with Crippen molar-refractivity contribution in [3.8, 4) is 5.88 Å². The Morgan fingerprint density at radius 2 is 2.00 bits per heavy atom. The number of hydrogen-bond donors (Lipinski definition) is 2. The summed E-state index contributed by atoms with van der Waals surface area (Å²) in [5.41, 5.74) is 1.09. The van der Waals surface area contributed by atoms with Gasteiger partial charge < -0.3 is 19.8 Å². The Bertz CT molecular complexity index is 494. The lowest BCUT2D eigenvalue weighted by atomic mass is 9.90. The van der Waals surface area contributed by atoms with E-state index in [9.17, 15) is 0 Å². The predicted molar refractivity (Wildman–Crippen MR) is 69.0 cm³/mol. The van der Waals surface area contributed by atoms with E-state index >= 15 is 0 Å². The zero-order chi connectivity index (χ0) is 14.7. The van der Waals surface area contributed by atoms with E-state index in [1.165, 1.54) is 31.2 Å². The van der Waals surface area contributed by atoms with Crippen LogP contribution in [-0.2, 0) is 9.59 Å². The number of carbonyl (C=O) groups is 2. The first-order chi connectivity index (χ1) is 9.52. The quantitative estimate of drug-likeness (QED) is 0.741. The summed E-state index contributed by atoms with van der Waals surface area (Å²) in [5, 5.41) is 14.8. The molecule has 20 heavy (non-hydrogen) atoms. The summed E-state index contributed by atoms with van der Waals surface area (Å²) < 4.78 is 13.7. The lowest BCUT2D eigenvalue weighted by Gasteiger charge is -2.20. The highest BCUT2D eigenvalue weighted by molar-refractivity contribution is 6.99. The van der Waals surface area contributed by atoms with Crippen molar-refractivity contribution in [3.05, 3.63) is 5.69 Å². The van der Waals surface area contributed by atoms with Gasteiger partial charge in [0.1, 0.15) is 5.69 Å². The van der Waals surface area contributed by atoms with E-state index < -0.39 is 11.9 Å². The Labute approximate surface area is 119 Å². The molecule has 3 atom stereocenters. The predicted octanol–water partition coefficient (Wildman–Crippen LogP) is 0.121. The van der Waals surface area contributed by atoms with Crippen LogP contribution in [0, 0.1) is 5.92 Å². The number of hydrogen-bond acceptors (Lipinski definition) is 7. The molecule has 1 aromatic heterocycles. The van der Waals surface area contributed by atoms with Crippen molar-refractivity contribution in [2.45, 2.75) is 12.3 Å². The number of aromatic nitrogens is 2. The van der Waals surface area contributed by atoms with E-state index in [-0.39, 0.29) is 0 Å². The maximum Gasteiger partial charge on any atom is 0.414 e. The topological polar surface area (TPSA) is 113 Å². The number of aliphatic carboxylic acids is 2. The summed E-state index contributed by atoms with van der Waals surface area (Å²) in [4.78, 5) is 20.7. The number of nitrogens with zero attached hydrogens (tertiary/aromatic N) is 3. The highest BCUT2D eigenvalue weighted by Crippen LogP contribution is 2.41. The average molecular weight is 301 g/mol. The number of piperidine rings is 1. The maximum atomic E-state index is 9.10. The van der Waals surface area contributed by atoms with Gasteiger partial charge in [-0.15, -0.1) is 4.37 Å². The largest absolute Gasteiger partial charge is 0.479 e. The monoisotopic (exact) mass is 301 g/mol. The second kappa shape index (κ2) is 6.14. The van der Waals surface area contributed by atoms with Crippen LogP contribution in [0.3, 0.4) is 0 Å². The Balaban J connectivity index is 0.000000212. The lowest BCUT2D eigenvalue weighted by Crippen LogP contribution is -2.22. The van der Waals surface area contributed by atoms with Crippen molar-refractivity contribution in [2.75, 3.05) is 26.7 Å². The first-order valence-corrected chi connectivity index (χ1v) is 6.81. The van der Waals surface area contributed by atoms with Crippen molar-refractivity contribution in [2.24, 2.45) is 5.92 Å². The molecular formula is C11H15N3O5S. The minimum absolute atomic E-state index is 0.567. The van der Waals surface area contributed by atoms with Crippen LogP contribution >= 0.6 is 11.7 Å². The molecule has 0 aromatic carbocycles. The normalized spacial score (nSPS) is 26.8.